The van der Waals surface area contributed by atoms with Gasteiger partial charge in [-0.3, -0.25) is 4.79 Å². The molecule has 1 atom stereocenters. The number of rotatable bonds is 11. The average molecular weight is 547 g/mol. The Morgan fingerprint density at radius 2 is 1.03 bits per heavy atom. The highest BCUT2D eigenvalue weighted by Crippen LogP contribution is 2.38. The van der Waals surface area contributed by atoms with Crippen molar-refractivity contribution >= 4 is 15.8 Å². The molecule has 4 rings (SSSR count). The fraction of sp³-hybridized carbons (Fsp3) is 0.194. The van der Waals surface area contributed by atoms with Crippen molar-refractivity contribution in [3.8, 4) is 23.0 Å². The molecule has 0 heterocycles. The second kappa shape index (κ2) is 11.6. The van der Waals surface area contributed by atoms with Gasteiger partial charge in [0.05, 0.1) is 24.0 Å². The van der Waals surface area contributed by atoms with E-state index >= 15 is 0 Å². The molecule has 0 aliphatic rings. The SMILES string of the molecule is COc1ccc(C(C)(CCC(=O)O)c2ccc(Oc3ccc(S(=O)(=O)c4ccc(OC)cc4)cc3)cc2)cc1. The molecule has 0 saturated carbocycles. The smallest absolute Gasteiger partial charge is 0.303 e. The van der Waals surface area contributed by atoms with Gasteiger partial charge in [-0.25, -0.2) is 8.42 Å². The number of sulfone groups is 1. The van der Waals surface area contributed by atoms with E-state index < -0.39 is 21.2 Å². The van der Waals surface area contributed by atoms with Crippen molar-refractivity contribution in [1.82, 2.24) is 0 Å². The van der Waals surface area contributed by atoms with Gasteiger partial charge >= 0.3 is 5.97 Å². The van der Waals surface area contributed by atoms with Crippen molar-refractivity contribution < 1.29 is 32.5 Å². The number of aliphatic carboxylic acids is 1. The van der Waals surface area contributed by atoms with Crippen LogP contribution in [0.3, 0.4) is 0 Å². The Hall–Kier alpha value is -4.30. The van der Waals surface area contributed by atoms with Crippen LogP contribution < -0.4 is 14.2 Å². The van der Waals surface area contributed by atoms with Gasteiger partial charge in [0.15, 0.2) is 0 Å². The summed E-state index contributed by atoms with van der Waals surface area (Å²) >= 11 is 0. The van der Waals surface area contributed by atoms with Gasteiger partial charge in [0.1, 0.15) is 23.0 Å². The first kappa shape index (κ1) is 27.7. The normalized spacial score (nSPS) is 12.8. The molecule has 0 fully saturated rings. The van der Waals surface area contributed by atoms with Crippen molar-refractivity contribution in [2.75, 3.05) is 14.2 Å². The van der Waals surface area contributed by atoms with Crippen molar-refractivity contribution in [3.05, 3.63) is 108 Å². The van der Waals surface area contributed by atoms with Crippen LogP contribution in [-0.2, 0) is 20.0 Å². The number of carboxylic acids is 1. The van der Waals surface area contributed by atoms with Crippen LogP contribution in [0.25, 0.3) is 0 Å². The highest BCUT2D eigenvalue weighted by atomic mass is 32.2. The van der Waals surface area contributed by atoms with E-state index in [1.54, 1.807) is 31.4 Å². The predicted octanol–water partition coefficient (Wildman–Crippen LogP) is 6.50. The van der Waals surface area contributed by atoms with Crippen LogP contribution in [0.2, 0.25) is 0 Å². The minimum Gasteiger partial charge on any atom is -0.497 e. The summed E-state index contributed by atoms with van der Waals surface area (Å²) in [4.78, 5) is 11.7. The third-order valence-electron chi connectivity index (χ3n) is 6.80. The molecule has 0 radical (unpaired) electrons. The van der Waals surface area contributed by atoms with E-state index in [-0.39, 0.29) is 16.2 Å². The summed E-state index contributed by atoms with van der Waals surface area (Å²) in [5.41, 5.74) is 1.38. The molecule has 202 valence electrons. The van der Waals surface area contributed by atoms with Gasteiger partial charge in [-0.15, -0.1) is 0 Å². The molecule has 39 heavy (non-hydrogen) atoms. The summed E-state index contributed by atoms with van der Waals surface area (Å²) in [5.74, 6) is 1.51. The molecule has 8 heteroatoms. The largest absolute Gasteiger partial charge is 0.497 e. The molecule has 4 aromatic carbocycles. The van der Waals surface area contributed by atoms with Crippen LogP contribution in [0.4, 0.5) is 0 Å². The summed E-state index contributed by atoms with van der Waals surface area (Å²) in [6.07, 6.45) is 0.436. The zero-order valence-corrected chi connectivity index (χ0v) is 22.8. The Labute approximate surface area is 228 Å². The predicted molar refractivity (Wildman–Crippen MR) is 148 cm³/mol. The minimum atomic E-state index is -3.68. The quantitative estimate of drug-likeness (QED) is 0.229. The Bertz CT molecular complexity index is 1510. The highest BCUT2D eigenvalue weighted by Gasteiger charge is 2.30. The number of carbonyl (C=O) groups is 1. The molecular weight excluding hydrogens is 516 g/mol. The van der Waals surface area contributed by atoms with E-state index in [4.69, 9.17) is 14.2 Å². The van der Waals surface area contributed by atoms with E-state index in [1.165, 1.54) is 31.4 Å². The van der Waals surface area contributed by atoms with Gasteiger partial charge in [-0.1, -0.05) is 31.2 Å². The fourth-order valence-corrected chi connectivity index (χ4v) is 5.64. The number of hydrogen-bond acceptors (Lipinski definition) is 6. The minimum absolute atomic E-state index is 0.0204. The van der Waals surface area contributed by atoms with Crippen LogP contribution in [0.1, 0.15) is 30.9 Å². The summed E-state index contributed by atoms with van der Waals surface area (Å²) < 4.78 is 42.2. The van der Waals surface area contributed by atoms with Crippen molar-refractivity contribution in [1.29, 1.82) is 0 Å². The van der Waals surface area contributed by atoms with E-state index in [1.807, 2.05) is 55.5 Å². The van der Waals surface area contributed by atoms with E-state index in [2.05, 4.69) is 0 Å². The molecule has 0 aliphatic heterocycles. The van der Waals surface area contributed by atoms with Crippen LogP contribution in [0, 0.1) is 0 Å². The number of carboxylic acid groups (broad SMARTS) is 1. The maximum atomic E-state index is 13.0. The molecule has 1 N–H and O–H groups in total. The molecule has 1 unspecified atom stereocenters. The van der Waals surface area contributed by atoms with E-state index in [0.717, 1.165) is 16.9 Å². The highest BCUT2D eigenvalue weighted by molar-refractivity contribution is 7.91. The summed E-state index contributed by atoms with van der Waals surface area (Å²) in [6, 6.07) is 27.6. The number of hydrogen-bond donors (Lipinski definition) is 1. The van der Waals surface area contributed by atoms with Crippen molar-refractivity contribution in [3.63, 3.8) is 0 Å². The zero-order valence-electron chi connectivity index (χ0n) is 22.0. The molecular formula is C31H30O7S. The molecule has 0 spiro atoms. The van der Waals surface area contributed by atoms with E-state index in [0.29, 0.717) is 23.7 Å². The third kappa shape index (κ3) is 6.23. The summed E-state index contributed by atoms with van der Waals surface area (Å²) in [5, 5.41) is 9.33. The van der Waals surface area contributed by atoms with Gasteiger partial charge in [-0.2, -0.15) is 0 Å². The number of benzene rings is 4. The lowest BCUT2D eigenvalue weighted by Crippen LogP contribution is -2.24. The number of methoxy groups -OCH3 is 2. The summed E-state index contributed by atoms with van der Waals surface area (Å²) in [7, 11) is -0.554. The molecule has 0 bridgehead atoms. The van der Waals surface area contributed by atoms with E-state index in [9.17, 15) is 18.3 Å². The van der Waals surface area contributed by atoms with Gasteiger partial charge < -0.3 is 19.3 Å². The van der Waals surface area contributed by atoms with Crippen molar-refractivity contribution in [2.45, 2.75) is 35.0 Å². The fourth-order valence-electron chi connectivity index (χ4n) is 4.38. The van der Waals surface area contributed by atoms with Crippen molar-refractivity contribution in [2.24, 2.45) is 0 Å². The van der Waals surface area contributed by atoms with Crippen LogP contribution >= 0.6 is 0 Å². The second-order valence-corrected chi connectivity index (χ2v) is 11.2. The zero-order chi connectivity index (χ0) is 28.0. The Kier molecular flexibility index (Phi) is 8.26. The molecule has 0 aromatic heterocycles. The van der Waals surface area contributed by atoms with Crippen LogP contribution in [0.15, 0.2) is 107 Å². The standard InChI is InChI=1S/C31H30O7S/c1-31(21-20-30(32)33,22-4-8-24(36-2)9-5-22)23-6-10-26(11-7-23)38-27-14-18-29(19-15-27)39(34,35)28-16-12-25(37-3)13-17-28/h4-19H,20-21H2,1-3H3,(H,32,33). The average Bonchev–Trinajstić information content (AvgIpc) is 2.96. The van der Waals surface area contributed by atoms with Gasteiger partial charge in [0.25, 0.3) is 0 Å². The lowest BCUT2D eigenvalue weighted by molar-refractivity contribution is -0.137. The first-order valence-corrected chi connectivity index (χ1v) is 13.8. The first-order chi connectivity index (χ1) is 18.7. The van der Waals surface area contributed by atoms with Crippen LogP contribution in [0.5, 0.6) is 23.0 Å². The van der Waals surface area contributed by atoms with Gasteiger partial charge in [0.2, 0.25) is 9.84 Å². The number of ether oxygens (including phenoxy) is 3. The lowest BCUT2D eigenvalue weighted by Gasteiger charge is -2.31. The Balaban J connectivity index is 1.52. The lowest BCUT2D eigenvalue weighted by atomic mass is 9.73. The molecule has 4 aromatic rings. The van der Waals surface area contributed by atoms with Gasteiger partial charge in [0, 0.05) is 11.8 Å². The third-order valence-corrected chi connectivity index (χ3v) is 8.58. The molecule has 0 saturated heterocycles. The maximum Gasteiger partial charge on any atom is 0.303 e. The second-order valence-electron chi connectivity index (χ2n) is 9.23. The first-order valence-electron chi connectivity index (χ1n) is 12.3. The van der Waals surface area contributed by atoms with Crippen LogP contribution in [-0.4, -0.2) is 33.7 Å². The Morgan fingerprint density at radius 1 is 0.667 bits per heavy atom. The van der Waals surface area contributed by atoms with Gasteiger partial charge in [-0.05, 0) is 90.3 Å². The molecule has 0 aliphatic carbocycles. The molecule has 7 nitrogen and oxygen atoms in total. The summed E-state index contributed by atoms with van der Waals surface area (Å²) in [6.45, 7) is 2.02. The monoisotopic (exact) mass is 546 g/mol. The molecule has 0 amide bonds. The Morgan fingerprint density at radius 3 is 1.41 bits per heavy atom. The maximum absolute atomic E-state index is 13.0. The topological polar surface area (TPSA) is 99.1 Å².